The van der Waals surface area contributed by atoms with E-state index in [0.717, 1.165) is 50.3 Å². The summed E-state index contributed by atoms with van der Waals surface area (Å²) in [5, 5.41) is 8.10. The van der Waals surface area contributed by atoms with E-state index in [9.17, 15) is 8.42 Å². The van der Waals surface area contributed by atoms with Crippen LogP contribution in [0.25, 0.3) is 0 Å². The summed E-state index contributed by atoms with van der Waals surface area (Å²) in [6, 6.07) is 3.98. The molecule has 1 saturated heterocycles. The second-order valence-corrected chi connectivity index (χ2v) is 7.65. The van der Waals surface area contributed by atoms with Crippen LogP contribution in [0.1, 0.15) is 31.4 Å². The second-order valence-electron chi connectivity index (χ2n) is 5.66. The zero-order chi connectivity index (χ0) is 14.2. The number of sulfonamides is 1. The molecule has 3 rings (SSSR count). The van der Waals surface area contributed by atoms with E-state index in [0.29, 0.717) is 0 Å². The highest BCUT2D eigenvalue weighted by atomic mass is 32.2. The maximum Gasteiger partial charge on any atom is 0.214 e. The first-order valence-corrected chi connectivity index (χ1v) is 8.66. The SMILES string of the molecule is Cc1ccc(N2CCC(NS(=O)(=O)C3CC3)CC2)nn1. The molecule has 2 heterocycles. The van der Waals surface area contributed by atoms with E-state index in [4.69, 9.17) is 0 Å². The summed E-state index contributed by atoms with van der Waals surface area (Å²) in [4.78, 5) is 2.16. The first kappa shape index (κ1) is 13.8. The zero-order valence-electron chi connectivity index (χ0n) is 11.6. The van der Waals surface area contributed by atoms with Gasteiger partial charge in [0.2, 0.25) is 10.0 Å². The number of hydrogen-bond donors (Lipinski definition) is 1. The summed E-state index contributed by atoms with van der Waals surface area (Å²) >= 11 is 0. The van der Waals surface area contributed by atoms with Crippen molar-refractivity contribution in [3.63, 3.8) is 0 Å². The Bertz CT molecular complexity index is 561. The molecule has 1 aliphatic carbocycles. The lowest BCUT2D eigenvalue weighted by atomic mass is 10.1. The number of rotatable bonds is 4. The van der Waals surface area contributed by atoms with Crippen LogP contribution in [0, 0.1) is 6.92 Å². The molecule has 1 aromatic rings. The number of nitrogens with zero attached hydrogens (tertiary/aromatic N) is 3. The lowest BCUT2D eigenvalue weighted by Crippen LogP contribution is -2.45. The van der Waals surface area contributed by atoms with Crippen molar-refractivity contribution in [1.29, 1.82) is 0 Å². The molecular weight excluding hydrogens is 276 g/mol. The van der Waals surface area contributed by atoms with Crippen molar-refractivity contribution in [2.45, 2.75) is 43.9 Å². The Morgan fingerprint density at radius 1 is 1.15 bits per heavy atom. The van der Waals surface area contributed by atoms with Crippen LogP contribution in [0.3, 0.4) is 0 Å². The van der Waals surface area contributed by atoms with Crippen LogP contribution in [0.15, 0.2) is 12.1 Å². The van der Waals surface area contributed by atoms with Gasteiger partial charge in [0.15, 0.2) is 5.82 Å². The molecule has 1 saturated carbocycles. The van der Waals surface area contributed by atoms with E-state index in [2.05, 4.69) is 19.8 Å². The molecule has 110 valence electrons. The average Bonchev–Trinajstić information content (AvgIpc) is 3.25. The van der Waals surface area contributed by atoms with E-state index in [1.54, 1.807) is 0 Å². The Morgan fingerprint density at radius 3 is 2.40 bits per heavy atom. The summed E-state index contributed by atoms with van der Waals surface area (Å²) in [7, 11) is -3.07. The Morgan fingerprint density at radius 2 is 1.85 bits per heavy atom. The van der Waals surface area contributed by atoms with Gasteiger partial charge in [-0.05, 0) is 44.7 Å². The number of hydrogen-bond acceptors (Lipinski definition) is 5. The minimum atomic E-state index is -3.07. The van der Waals surface area contributed by atoms with Gasteiger partial charge in [-0.25, -0.2) is 13.1 Å². The van der Waals surface area contributed by atoms with Crippen molar-refractivity contribution >= 4 is 15.8 Å². The number of aryl methyl sites for hydroxylation is 1. The van der Waals surface area contributed by atoms with Gasteiger partial charge in [0.1, 0.15) is 0 Å². The normalized spacial score (nSPS) is 21.1. The molecule has 0 spiro atoms. The van der Waals surface area contributed by atoms with Gasteiger partial charge in [-0.3, -0.25) is 0 Å². The van der Waals surface area contributed by atoms with Crippen LogP contribution in [0.2, 0.25) is 0 Å². The smallest absolute Gasteiger partial charge is 0.214 e. The predicted octanol–water partition coefficient (Wildman–Crippen LogP) is 0.836. The van der Waals surface area contributed by atoms with Crippen LogP contribution >= 0.6 is 0 Å². The molecule has 6 nitrogen and oxygen atoms in total. The quantitative estimate of drug-likeness (QED) is 0.891. The molecule has 7 heteroatoms. The molecule has 2 fully saturated rings. The Labute approximate surface area is 119 Å². The van der Waals surface area contributed by atoms with Crippen molar-refractivity contribution in [3.8, 4) is 0 Å². The molecule has 1 N–H and O–H groups in total. The molecule has 0 radical (unpaired) electrons. The largest absolute Gasteiger partial charge is 0.355 e. The highest BCUT2D eigenvalue weighted by Crippen LogP contribution is 2.28. The van der Waals surface area contributed by atoms with Gasteiger partial charge in [-0.15, -0.1) is 5.10 Å². The number of nitrogens with one attached hydrogen (secondary N) is 1. The lowest BCUT2D eigenvalue weighted by Gasteiger charge is -2.32. The van der Waals surface area contributed by atoms with Crippen LogP contribution < -0.4 is 9.62 Å². The molecular formula is C13H20N4O2S. The Kier molecular flexibility index (Phi) is 3.64. The fourth-order valence-corrected chi connectivity index (χ4v) is 4.14. The number of anilines is 1. The molecule has 0 aromatic carbocycles. The monoisotopic (exact) mass is 296 g/mol. The zero-order valence-corrected chi connectivity index (χ0v) is 12.4. The van der Waals surface area contributed by atoms with Gasteiger partial charge in [0, 0.05) is 19.1 Å². The molecule has 1 aromatic heterocycles. The van der Waals surface area contributed by atoms with Gasteiger partial charge in [0.05, 0.1) is 10.9 Å². The third-order valence-corrected chi connectivity index (χ3v) is 5.91. The summed E-state index contributed by atoms with van der Waals surface area (Å²) in [5.74, 6) is 0.874. The van der Waals surface area contributed by atoms with Crippen molar-refractivity contribution in [2.24, 2.45) is 0 Å². The summed E-state index contributed by atoms with van der Waals surface area (Å²) < 4.78 is 26.7. The third kappa shape index (κ3) is 3.09. The topological polar surface area (TPSA) is 75.2 Å². The number of aromatic nitrogens is 2. The minimum Gasteiger partial charge on any atom is -0.355 e. The van der Waals surface area contributed by atoms with Crippen molar-refractivity contribution < 1.29 is 8.42 Å². The van der Waals surface area contributed by atoms with E-state index < -0.39 is 10.0 Å². The van der Waals surface area contributed by atoms with Crippen LogP contribution in [0.5, 0.6) is 0 Å². The van der Waals surface area contributed by atoms with Gasteiger partial charge in [-0.2, -0.15) is 5.10 Å². The van der Waals surface area contributed by atoms with Crippen molar-refractivity contribution in [2.75, 3.05) is 18.0 Å². The van der Waals surface area contributed by atoms with Crippen molar-refractivity contribution in [3.05, 3.63) is 17.8 Å². The van der Waals surface area contributed by atoms with Crippen LogP contribution in [0.4, 0.5) is 5.82 Å². The average molecular weight is 296 g/mol. The molecule has 0 bridgehead atoms. The van der Waals surface area contributed by atoms with E-state index in [1.807, 2.05) is 19.1 Å². The molecule has 20 heavy (non-hydrogen) atoms. The summed E-state index contributed by atoms with van der Waals surface area (Å²) in [6.07, 6.45) is 3.27. The highest BCUT2D eigenvalue weighted by molar-refractivity contribution is 7.90. The van der Waals surface area contributed by atoms with E-state index in [1.165, 1.54) is 0 Å². The highest BCUT2D eigenvalue weighted by Gasteiger charge is 2.37. The van der Waals surface area contributed by atoms with Gasteiger partial charge in [-0.1, -0.05) is 0 Å². The molecule has 0 unspecified atom stereocenters. The summed E-state index contributed by atoms with van der Waals surface area (Å²) in [6.45, 7) is 3.54. The van der Waals surface area contributed by atoms with Crippen molar-refractivity contribution in [1.82, 2.24) is 14.9 Å². The third-order valence-electron chi connectivity index (χ3n) is 3.90. The number of piperidine rings is 1. The fraction of sp³-hybridized carbons (Fsp3) is 0.692. The van der Waals surface area contributed by atoms with Crippen LogP contribution in [-0.4, -0.2) is 43.0 Å². The van der Waals surface area contributed by atoms with Crippen LogP contribution in [-0.2, 0) is 10.0 Å². The first-order chi connectivity index (χ1) is 9.54. The Hall–Kier alpha value is -1.21. The maximum atomic E-state index is 11.9. The van der Waals surface area contributed by atoms with Gasteiger partial charge < -0.3 is 4.90 Å². The predicted molar refractivity (Wildman–Crippen MR) is 77.1 cm³/mol. The molecule has 1 aliphatic heterocycles. The van der Waals surface area contributed by atoms with E-state index in [-0.39, 0.29) is 11.3 Å². The standard InChI is InChI=1S/C13H20N4O2S/c1-10-2-5-13(15-14-10)17-8-6-11(7-9-17)16-20(18,19)12-3-4-12/h2,5,11-12,16H,3-4,6-9H2,1H3. The summed E-state index contributed by atoms with van der Waals surface area (Å²) in [5.41, 5.74) is 0.904. The van der Waals surface area contributed by atoms with Gasteiger partial charge >= 0.3 is 0 Å². The van der Waals surface area contributed by atoms with Gasteiger partial charge in [0.25, 0.3) is 0 Å². The van der Waals surface area contributed by atoms with E-state index >= 15 is 0 Å². The fourth-order valence-electron chi connectivity index (χ4n) is 2.49. The first-order valence-electron chi connectivity index (χ1n) is 7.11. The molecule has 0 atom stereocenters. The maximum absolute atomic E-state index is 11.9. The Balaban J connectivity index is 1.55. The minimum absolute atomic E-state index is 0.0651. The second kappa shape index (κ2) is 5.29. The lowest BCUT2D eigenvalue weighted by molar-refractivity contribution is 0.457. The molecule has 2 aliphatic rings. The molecule has 0 amide bonds.